The molecule has 1 N–H and O–H groups in total. The molecule has 1 aromatic carbocycles. The maximum absolute atomic E-state index is 12.1. The number of aryl methyl sites for hydroxylation is 1. The highest BCUT2D eigenvalue weighted by Crippen LogP contribution is 2.29. The molecule has 0 radical (unpaired) electrons. The minimum atomic E-state index is 0.00176. The molecule has 0 saturated carbocycles. The maximum Gasteiger partial charge on any atom is 0.190 e. The van der Waals surface area contributed by atoms with E-state index in [0.29, 0.717) is 16.7 Å². The second kappa shape index (κ2) is 3.84. The van der Waals surface area contributed by atoms with Crippen LogP contribution in [0.5, 0.6) is 5.75 Å². The lowest BCUT2D eigenvalue weighted by Crippen LogP contribution is -2.04. The van der Waals surface area contributed by atoms with Gasteiger partial charge in [-0.15, -0.1) is 0 Å². The van der Waals surface area contributed by atoms with Gasteiger partial charge in [0.1, 0.15) is 11.3 Å². The fraction of sp³-hybridized carbons (Fsp3) is 0.143. The highest BCUT2D eigenvalue weighted by Gasteiger charge is 2.10. The molecule has 0 bridgehead atoms. The first-order chi connectivity index (χ1) is 8.70. The van der Waals surface area contributed by atoms with Crippen LogP contribution in [-0.2, 0) is 0 Å². The number of ether oxygens (including phenoxy) is 1. The Morgan fingerprint density at radius 1 is 1.33 bits per heavy atom. The molecule has 0 spiro atoms. The summed E-state index contributed by atoms with van der Waals surface area (Å²) in [6.45, 7) is 1.86. The number of fused-ring (bicyclic) bond motifs is 3. The molecule has 18 heavy (non-hydrogen) atoms. The first-order valence-corrected chi connectivity index (χ1v) is 5.66. The number of nitrogens with zero attached hydrogens (tertiary/aromatic N) is 1. The summed E-state index contributed by atoms with van der Waals surface area (Å²) in [5.74, 6) is 0.666. The van der Waals surface area contributed by atoms with Crippen LogP contribution in [0.1, 0.15) is 5.69 Å². The predicted octanol–water partition coefficient (Wildman–Crippen LogP) is 2.39. The fourth-order valence-electron chi connectivity index (χ4n) is 2.26. The molecule has 4 nitrogen and oxygen atoms in total. The number of aromatic nitrogens is 2. The van der Waals surface area contributed by atoms with Gasteiger partial charge in [-0.2, -0.15) is 0 Å². The molecule has 0 amide bonds. The first kappa shape index (κ1) is 10.8. The third kappa shape index (κ3) is 1.46. The molecule has 0 aliphatic rings. The topological polar surface area (TPSA) is 55.0 Å². The molecular formula is C14H12N2O2. The Balaban J connectivity index is 2.64. The number of aromatic amines is 1. The molecule has 0 atom stereocenters. The van der Waals surface area contributed by atoms with Crippen molar-refractivity contribution in [1.29, 1.82) is 0 Å². The van der Waals surface area contributed by atoms with Crippen LogP contribution in [0.3, 0.4) is 0 Å². The van der Waals surface area contributed by atoms with Crippen LogP contribution in [-0.4, -0.2) is 17.1 Å². The summed E-state index contributed by atoms with van der Waals surface area (Å²) in [6, 6.07) is 7.12. The highest BCUT2D eigenvalue weighted by atomic mass is 16.5. The van der Waals surface area contributed by atoms with Crippen molar-refractivity contribution in [2.75, 3.05) is 7.11 Å². The van der Waals surface area contributed by atoms with Gasteiger partial charge in [-0.3, -0.25) is 9.78 Å². The number of nitrogens with one attached hydrogen (secondary N) is 1. The monoisotopic (exact) mass is 240 g/mol. The highest BCUT2D eigenvalue weighted by molar-refractivity contribution is 6.07. The van der Waals surface area contributed by atoms with Crippen LogP contribution in [0, 0.1) is 6.92 Å². The zero-order chi connectivity index (χ0) is 12.7. The van der Waals surface area contributed by atoms with Crippen LogP contribution in [0.25, 0.3) is 21.8 Å². The van der Waals surface area contributed by atoms with Gasteiger partial charge in [-0.1, -0.05) is 6.07 Å². The zero-order valence-electron chi connectivity index (χ0n) is 10.2. The van der Waals surface area contributed by atoms with E-state index in [9.17, 15) is 4.79 Å². The molecule has 3 aromatic rings. The van der Waals surface area contributed by atoms with E-state index in [0.717, 1.165) is 16.6 Å². The lowest BCUT2D eigenvalue weighted by Gasteiger charge is -2.08. The Kier molecular flexibility index (Phi) is 2.30. The molecule has 0 fully saturated rings. The molecule has 0 saturated heterocycles. The van der Waals surface area contributed by atoms with Crippen molar-refractivity contribution in [3.8, 4) is 5.75 Å². The Hall–Kier alpha value is -2.36. The summed E-state index contributed by atoms with van der Waals surface area (Å²) in [5, 5.41) is 1.47. The van der Waals surface area contributed by atoms with Crippen LogP contribution < -0.4 is 10.2 Å². The average molecular weight is 240 g/mol. The molecule has 0 aliphatic heterocycles. The minimum Gasteiger partial charge on any atom is -0.494 e. The van der Waals surface area contributed by atoms with Gasteiger partial charge in [0.15, 0.2) is 5.43 Å². The Bertz CT molecular complexity index is 806. The quantitative estimate of drug-likeness (QED) is 0.664. The first-order valence-electron chi connectivity index (χ1n) is 5.66. The Morgan fingerprint density at radius 2 is 2.17 bits per heavy atom. The average Bonchev–Trinajstić information content (AvgIpc) is 2.36. The van der Waals surface area contributed by atoms with E-state index >= 15 is 0 Å². The number of hydrogen-bond donors (Lipinski definition) is 1. The molecular weight excluding hydrogens is 228 g/mol. The van der Waals surface area contributed by atoms with Crippen molar-refractivity contribution in [3.05, 3.63) is 46.4 Å². The smallest absolute Gasteiger partial charge is 0.190 e. The fourth-order valence-corrected chi connectivity index (χ4v) is 2.26. The van der Waals surface area contributed by atoms with Crippen molar-refractivity contribution in [2.45, 2.75) is 6.92 Å². The minimum absolute atomic E-state index is 0.00176. The van der Waals surface area contributed by atoms with Crippen LogP contribution in [0.15, 0.2) is 35.3 Å². The van der Waals surface area contributed by atoms with Gasteiger partial charge in [0, 0.05) is 29.4 Å². The number of H-pyrrole nitrogens is 1. The van der Waals surface area contributed by atoms with Gasteiger partial charge >= 0.3 is 0 Å². The van der Waals surface area contributed by atoms with Crippen molar-refractivity contribution in [3.63, 3.8) is 0 Å². The molecule has 0 aliphatic carbocycles. The van der Waals surface area contributed by atoms with Gasteiger partial charge in [-0.05, 0) is 13.0 Å². The molecule has 90 valence electrons. The molecule has 2 heterocycles. The third-order valence-corrected chi connectivity index (χ3v) is 3.00. The van der Waals surface area contributed by atoms with E-state index in [-0.39, 0.29) is 5.43 Å². The van der Waals surface area contributed by atoms with Gasteiger partial charge in [-0.25, -0.2) is 0 Å². The maximum atomic E-state index is 12.1. The van der Waals surface area contributed by atoms with Gasteiger partial charge in [0.25, 0.3) is 0 Å². The van der Waals surface area contributed by atoms with E-state index in [1.807, 2.05) is 25.1 Å². The molecule has 3 rings (SSSR count). The summed E-state index contributed by atoms with van der Waals surface area (Å²) in [5.41, 5.74) is 2.32. The molecule has 2 aromatic heterocycles. The molecule has 0 unspecified atom stereocenters. The lowest BCUT2D eigenvalue weighted by atomic mass is 10.1. The SMILES string of the molecule is COc1cc2[nH]c(C)cc(=O)c2c2cccnc12. The number of pyridine rings is 2. The molecule has 4 heteroatoms. The number of rotatable bonds is 1. The summed E-state index contributed by atoms with van der Waals surface area (Å²) >= 11 is 0. The van der Waals surface area contributed by atoms with E-state index in [2.05, 4.69) is 9.97 Å². The van der Waals surface area contributed by atoms with Gasteiger partial charge in [0.2, 0.25) is 0 Å². The van der Waals surface area contributed by atoms with Crippen molar-refractivity contribution >= 4 is 21.8 Å². The van der Waals surface area contributed by atoms with Crippen molar-refractivity contribution < 1.29 is 4.74 Å². The largest absolute Gasteiger partial charge is 0.494 e. The standard InChI is InChI=1S/C14H12N2O2/c1-8-6-11(17)13-9-4-3-5-15-14(9)12(18-2)7-10(13)16-8/h3-7H,1-2H3,(H,16,17). The van der Waals surface area contributed by atoms with Crippen molar-refractivity contribution in [1.82, 2.24) is 9.97 Å². The number of benzene rings is 1. The summed E-state index contributed by atoms with van der Waals surface area (Å²) in [7, 11) is 1.60. The Labute approximate surface area is 103 Å². The van der Waals surface area contributed by atoms with E-state index in [1.54, 1.807) is 19.4 Å². The van der Waals surface area contributed by atoms with Crippen molar-refractivity contribution in [2.24, 2.45) is 0 Å². The van der Waals surface area contributed by atoms with Gasteiger partial charge in [0.05, 0.1) is 18.0 Å². The number of hydrogen-bond acceptors (Lipinski definition) is 3. The number of methoxy groups -OCH3 is 1. The lowest BCUT2D eigenvalue weighted by molar-refractivity contribution is 0.419. The van der Waals surface area contributed by atoms with Gasteiger partial charge < -0.3 is 9.72 Å². The zero-order valence-corrected chi connectivity index (χ0v) is 10.2. The summed E-state index contributed by atoms with van der Waals surface area (Å²) < 4.78 is 5.33. The van der Waals surface area contributed by atoms with Crippen LogP contribution >= 0.6 is 0 Å². The van der Waals surface area contributed by atoms with Crippen LogP contribution in [0.2, 0.25) is 0 Å². The Morgan fingerprint density at radius 3 is 2.94 bits per heavy atom. The summed E-state index contributed by atoms with van der Waals surface area (Å²) in [6.07, 6.45) is 1.69. The third-order valence-electron chi connectivity index (χ3n) is 3.00. The predicted molar refractivity (Wildman–Crippen MR) is 71.2 cm³/mol. The second-order valence-corrected chi connectivity index (χ2v) is 4.22. The van der Waals surface area contributed by atoms with E-state index in [1.165, 1.54) is 0 Å². The second-order valence-electron chi connectivity index (χ2n) is 4.22. The van der Waals surface area contributed by atoms with Crippen LogP contribution in [0.4, 0.5) is 0 Å². The normalized spacial score (nSPS) is 11.0. The van der Waals surface area contributed by atoms with E-state index < -0.39 is 0 Å². The van der Waals surface area contributed by atoms with E-state index in [4.69, 9.17) is 4.74 Å². The summed E-state index contributed by atoms with van der Waals surface area (Å²) in [4.78, 5) is 19.6.